The molecule has 0 bridgehead atoms. The largest absolute Gasteiger partial charge is 0.508 e. The fraction of sp³-hybridized carbons (Fsp3) is 0.462. The van der Waals surface area contributed by atoms with E-state index in [1.54, 1.807) is 12.1 Å². The number of rotatable bonds is 10. The highest BCUT2D eigenvalue weighted by molar-refractivity contribution is 5.79. The molecule has 0 atom stereocenters. The highest BCUT2D eigenvalue weighted by Gasteiger charge is 2.18. The van der Waals surface area contributed by atoms with Crippen LogP contribution in [0.3, 0.4) is 0 Å². The van der Waals surface area contributed by atoms with Gasteiger partial charge in [0.15, 0.2) is 0 Å². The SMILES string of the molecule is Oc1ccc(CN2CCC(NCCCCCCn3ccc4ccccc43)CC2)cc1. The molecule has 0 spiro atoms. The molecule has 30 heavy (non-hydrogen) atoms. The first-order valence-corrected chi connectivity index (χ1v) is 11.6. The Bertz CT molecular complexity index is 894. The molecule has 2 N–H and O–H groups in total. The number of likely N-dealkylation sites (tertiary alicyclic amines) is 1. The number of aryl methyl sites for hydroxylation is 1. The maximum absolute atomic E-state index is 9.41. The first-order valence-electron chi connectivity index (χ1n) is 11.6. The van der Waals surface area contributed by atoms with Gasteiger partial charge in [0.05, 0.1) is 0 Å². The topological polar surface area (TPSA) is 40.4 Å². The zero-order chi connectivity index (χ0) is 20.6. The van der Waals surface area contributed by atoms with Crippen LogP contribution in [0.5, 0.6) is 5.75 Å². The smallest absolute Gasteiger partial charge is 0.115 e. The summed E-state index contributed by atoms with van der Waals surface area (Å²) in [5, 5.41) is 14.5. The van der Waals surface area contributed by atoms with E-state index in [4.69, 9.17) is 0 Å². The van der Waals surface area contributed by atoms with Crippen LogP contribution in [0.4, 0.5) is 0 Å². The Morgan fingerprint density at radius 1 is 0.867 bits per heavy atom. The van der Waals surface area contributed by atoms with Crippen molar-refractivity contribution in [3.63, 3.8) is 0 Å². The Hall–Kier alpha value is -2.30. The van der Waals surface area contributed by atoms with Crippen molar-refractivity contribution in [1.29, 1.82) is 0 Å². The minimum Gasteiger partial charge on any atom is -0.508 e. The van der Waals surface area contributed by atoms with Crippen molar-refractivity contribution in [2.24, 2.45) is 0 Å². The molecule has 2 heterocycles. The highest BCUT2D eigenvalue weighted by Crippen LogP contribution is 2.17. The maximum Gasteiger partial charge on any atom is 0.115 e. The number of hydrogen-bond acceptors (Lipinski definition) is 3. The number of hydrogen-bond donors (Lipinski definition) is 2. The number of aromatic hydroxyl groups is 1. The van der Waals surface area contributed by atoms with Gasteiger partial charge < -0.3 is 15.0 Å². The van der Waals surface area contributed by atoms with E-state index in [0.29, 0.717) is 11.8 Å². The number of phenolic OH excluding ortho intramolecular Hbond substituents is 1. The first-order chi connectivity index (χ1) is 14.8. The summed E-state index contributed by atoms with van der Waals surface area (Å²) in [6, 6.07) is 19.2. The number of nitrogens with zero attached hydrogens (tertiary/aromatic N) is 2. The summed E-state index contributed by atoms with van der Waals surface area (Å²) >= 11 is 0. The van der Waals surface area contributed by atoms with Gasteiger partial charge in [0.2, 0.25) is 0 Å². The molecule has 4 heteroatoms. The summed E-state index contributed by atoms with van der Waals surface area (Å²) < 4.78 is 2.39. The van der Waals surface area contributed by atoms with E-state index in [2.05, 4.69) is 51.3 Å². The van der Waals surface area contributed by atoms with E-state index in [0.717, 1.165) is 32.7 Å². The summed E-state index contributed by atoms with van der Waals surface area (Å²) in [5.74, 6) is 0.347. The predicted molar refractivity (Wildman–Crippen MR) is 125 cm³/mol. The minimum atomic E-state index is 0.347. The van der Waals surface area contributed by atoms with Crippen LogP contribution >= 0.6 is 0 Å². The highest BCUT2D eigenvalue weighted by atomic mass is 16.3. The average molecular weight is 406 g/mol. The molecule has 160 valence electrons. The van der Waals surface area contributed by atoms with Gasteiger partial charge in [0.25, 0.3) is 0 Å². The van der Waals surface area contributed by atoms with Gasteiger partial charge in [-0.05, 0) is 80.5 Å². The van der Waals surface area contributed by atoms with Crippen molar-refractivity contribution in [2.75, 3.05) is 19.6 Å². The third kappa shape index (κ3) is 5.87. The zero-order valence-electron chi connectivity index (χ0n) is 18.0. The van der Waals surface area contributed by atoms with Crippen LogP contribution in [-0.2, 0) is 13.1 Å². The van der Waals surface area contributed by atoms with E-state index < -0.39 is 0 Å². The summed E-state index contributed by atoms with van der Waals surface area (Å²) in [6.45, 7) is 5.58. The van der Waals surface area contributed by atoms with Gasteiger partial charge in [0.1, 0.15) is 5.75 Å². The van der Waals surface area contributed by atoms with Crippen LogP contribution in [0.25, 0.3) is 10.9 Å². The summed E-state index contributed by atoms with van der Waals surface area (Å²) in [4.78, 5) is 2.52. The van der Waals surface area contributed by atoms with Crippen LogP contribution in [0, 0.1) is 0 Å². The number of fused-ring (bicyclic) bond motifs is 1. The molecule has 1 aliphatic rings. The van der Waals surface area contributed by atoms with Crippen molar-refractivity contribution < 1.29 is 5.11 Å². The van der Waals surface area contributed by atoms with E-state index in [-0.39, 0.29) is 0 Å². The van der Waals surface area contributed by atoms with Gasteiger partial charge >= 0.3 is 0 Å². The van der Waals surface area contributed by atoms with Gasteiger partial charge in [0, 0.05) is 30.8 Å². The monoisotopic (exact) mass is 405 g/mol. The molecule has 0 radical (unpaired) electrons. The maximum atomic E-state index is 9.41. The molecule has 0 amide bonds. The van der Waals surface area contributed by atoms with Crippen LogP contribution in [0.1, 0.15) is 44.1 Å². The molecule has 2 aromatic carbocycles. The third-order valence-corrected chi connectivity index (χ3v) is 6.37. The Labute approximate surface area is 180 Å². The third-order valence-electron chi connectivity index (χ3n) is 6.37. The van der Waals surface area contributed by atoms with Gasteiger partial charge in [-0.2, -0.15) is 0 Å². The standard InChI is InChI=1S/C26H35N3O/c30-25-11-9-22(10-12-25)21-28-18-14-24(15-19-28)27-16-5-1-2-6-17-29-20-13-23-7-3-4-8-26(23)29/h3-4,7-13,20,24,27,30H,1-2,5-6,14-19,21H2. The van der Waals surface area contributed by atoms with Gasteiger partial charge in [-0.15, -0.1) is 0 Å². The van der Waals surface area contributed by atoms with Crippen LogP contribution in [0.2, 0.25) is 0 Å². The molecule has 1 fully saturated rings. The van der Waals surface area contributed by atoms with E-state index in [1.165, 1.54) is 55.0 Å². The molecule has 4 rings (SSSR count). The normalized spacial score (nSPS) is 15.7. The first kappa shape index (κ1) is 21.0. The number of nitrogens with one attached hydrogen (secondary N) is 1. The zero-order valence-corrected chi connectivity index (χ0v) is 18.0. The number of para-hydroxylation sites is 1. The summed E-state index contributed by atoms with van der Waals surface area (Å²) in [7, 11) is 0. The molecule has 0 aliphatic carbocycles. The lowest BCUT2D eigenvalue weighted by Gasteiger charge is -2.32. The van der Waals surface area contributed by atoms with Gasteiger partial charge in [-0.3, -0.25) is 4.90 Å². The molecule has 1 aromatic heterocycles. The van der Waals surface area contributed by atoms with Crippen LogP contribution in [-0.4, -0.2) is 40.2 Å². The second-order valence-corrected chi connectivity index (χ2v) is 8.65. The Balaban J connectivity index is 1.05. The van der Waals surface area contributed by atoms with E-state index in [1.807, 2.05) is 12.1 Å². The number of aromatic nitrogens is 1. The fourth-order valence-electron chi connectivity index (χ4n) is 4.56. The predicted octanol–water partition coefficient (Wildman–Crippen LogP) is 5.16. The Kier molecular flexibility index (Phi) is 7.44. The van der Waals surface area contributed by atoms with Crippen molar-refractivity contribution >= 4 is 10.9 Å². The molecule has 1 saturated heterocycles. The average Bonchev–Trinajstić information content (AvgIpc) is 3.19. The fourth-order valence-corrected chi connectivity index (χ4v) is 4.56. The molecule has 4 nitrogen and oxygen atoms in total. The number of benzene rings is 2. The van der Waals surface area contributed by atoms with Gasteiger partial charge in [-0.25, -0.2) is 0 Å². The van der Waals surface area contributed by atoms with Crippen molar-refractivity contribution in [2.45, 2.75) is 57.7 Å². The number of phenols is 1. The molecule has 0 saturated carbocycles. The molecular weight excluding hydrogens is 370 g/mol. The van der Waals surface area contributed by atoms with E-state index >= 15 is 0 Å². The van der Waals surface area contributed by atoms with E-state index in [9.17, 15) is 5.11 Å². The van der Waals surface area contributed by atoms with Crippen molar-refractivity contribution in [1.82, 2.24) is 14.8 Å². The van der Waals surface area contributed by atoms with Gasteiger partial charge in [-0.1, -0.05) is 43.2 Å². The Morgan fingerprint density at radius 2 is 1.63 bits per heavy atom. The minimum absolute atomic E-state index is 0.347. The molecule has 1 aliphatic heterocycles. The number of piperidine rings is 1. The summed E-state index contributed by atoms with van der Waals surface area (Å²) in [5.41, 5.74) is 2.64. The quantitative estimate of drug-likeness (QED) is 0.458. The van der Waals surface area contributed by atoms with Crippen molar-refractivity contribution in [3.05, 3.63) is 66.4 Å². The molecule has 0 unspecified atom stereocenters. The second kappa shape index (κ2) is 10.6. The lowest BCUT2D eigenvalue weighted by Crippen LogP contribution is -2.42. The lowest BCUT2D eigenvalue weighted by molar-refractivity contribution is 0.190. The van der Waals surface area contributed by atoms with Crippen LogP contribution in [0.15, 0.2) is 60.8 Å². The summed E-state index contributed by atoms with van der Waals surface area (Å²) in [6.07, 6.45) is 9.84. The Morgan fingerprint density at radius 3 is 2.47 bits per heavy atom. The van der Waals surface area contributed by atoms with Crippen molar-refractivity contribution in [3.8, 4) is 5.75 Å². The number of unbranched alkanes of at least 4 members (excludes halogenated alkanes) is 3. The second-order valence-electron chi connectivity index (χ2n) is 8.65. The molecular formula is C26H35N3O. The molecule has 3 aromatic rings. The van der Waals surface area contributed by atoms with Crippen LogP contribution < -0.4 is 5.32 Å². The lowest BCUT2D eigenvalue weighted by atomic mass is 10.0.